The fourth-order valence-electron chi connectivity index (χ4n) is 2.28. The number of anilines is 2. The number of halogens is 1. The van der Waals surface area contributed by atoms with Gasteiger partial charge in [-0.05, 0) is 18.1 Å². The molecule has 1 heterocycles. The van der Waals surface area contributed by atoms with Crippen LogP contribution in [0.1, 0.15) is 13.3 Å². The van der Waals surface area contributed by atoms with Crippen LogP contribution in [0, 0.1) is 5.92 Å². The molecule has 1 aromatic rings. The van der Waals surface area contributed by atoms with Crippen molar-refractivity contribution in [3.8, 4) is 5.75 Å². The molecular weight excluding hydrogens is 280 g/mol. The summed E-state index contributed by atoms with van der Waals surface area (Å²) in [7, 11) is 1.53. The second kappa shape index (κ2) is 6.13. The predicted octanol–water partition coefficient (Wildman–Crippen LogP) is 2.25. The van der Waals surface area contributed by atoms with Crippen LogP contribution in [0.2, 0.25) is 0 Å². The zero-order valence-corrected chi connectivity index (χ0v) is 12.2. The van der Waals surface area contributed by atoms with Crippen molar-refractivity contribution < 1.29 is 14.3 Å². The van der Waals surface area contributed by atoms with Gasteiger partial charge in [-0.2, -0.15) is 0 Å². The molecule has 20 heavy (non-hydrogen) atoms. The average molecular weight is 297 g/mol. The fraction of sp³-hybridized carbons (Fsp3) is 0.429. The van der Waals surface area contributed by atoms with Crippen molar-refractivity contribution in [2.24, 2.45) is 5.92 Å². The molecule has 1 saturated heterocycles. The van der Waals surface area contributed by atoms with Gasteiger partial charge in [-0.15, -0.1) is 11.6 Å². The molecule has 2 amide bonds. The van der Waals surface area contributed by atoms with Crippen LogP contribution in [-0.4, -0.2) is 31.3 Å². The van der Waals surface area contributed by atoms with Crippen LogP contribution >= 0.6 is 11.6 Å². The van der Waals surface area contributed by atoms with Crippen LogP contribution in [0.3, 0.4) is 0 Å². The van der Waals surface area contributed by atoms with Gasteiger partial charge in [-0.25, -0.2) is 0 Å². The molecule has 0 aliphatic carbocycles. The molecular formula is C14H17ClN2O3. The van der Waals surface area contributed by atoms with Gasteiger partial charge in [0.05, 0.1) is 12.8 Å². The quantitative estimate of drug-likeness (QED) is 0.867. The molecule has 0 radical (unpaired) electrons. The number of benzene rings is 1. The summed E-state index contributed by atoms with van der Waals surface area (Å²) in [5, 5.41) is 2.68. The Hall–Kier alpha value is -1.75. The summed E-state index contributed by atoms with van der Waals surface area (Å²) in [4.78, 5) is 24.8. The molecule has 5 nitrogen and oxygen atoms in total. The number of alkyl halides is 1. The molecule has 0 aromatic heterocycles. The van der Waals surface area contributed by atoms with Crippen molar-refractivity contribution in [2.75, 3.05) is 29.8 Å². The van der Waals surface area contributed by atoms with E-state index in [2.05, 4.69) is 5.32 Å². The Labute approximate surface area is 122 Å². The first-order valence-corrected chi connectivity index (χ1v) is 6.90. The first-order valence-electron chi connectivity index (χ1n) is 6.37. The topological polar surface area (TPSA) is 58.6 Å². The van der Waals surface area contributed by atoms with Crippen LogP contribution < -0.4 is 15.0 Å². The SMILES string of the molecule is COc1cc(N2CC(CCl)CC2=O)ccc1NC(C)=O. The zero-order valence-electron chi connectivity index (χ0n) is 11.5. The molecule has 1 N–H and O–H groups in total. The van der Waals surface area contributed by atoms with Crippen molar-refractivity contribution in [1.29, 1.82) is 0 Å². The van der Waals surface area contributed by atoms with E-state index >= 15 is 0 Å². The van der Waals surface area contributed by atoms with Gasteiger partial charge in [0, 0.05) is 37.5 Å². The van der Waals surface area contributed by atoms with E-state index in [1.165, 1.54) is 14.0 Å². The highest BCUT2D eigenvalue weighted by atomic mass is 35.5. The summed E-state index contributed by atoms with van der Waals surface area (Å²) < 4.78 is 5.26. The number of nitrogens with zero attached hydrogens (tertiary/aromatic N) is 1. The van der Waals surface area contributed by atoms with E-state index in [1.807, 2.05) is 0 Å². The summed E-state index contributed by atoms with van der Waals surface area (Å²) in [6.07, 6.45) is 0.471. The Kier molecular flexibility index (Phi) is 4.49. The standard InChI is InChI=1S/C14H17ClN2O3/c1-9(18)16-12-4-3-11(6-13(12)20-2)17-8-10(7-15)5-14(17)19/h3-4,6,10H,5,7-8H2,1-2H3,(H,16,18). The number of rotatable bonds is 4. The lowest BCUT2D eigenvalue weighted by molar-refractivity contribution is -0.117. The lowest BCUT2D eigenvalue weighted by Crippen LogP contribution is -2.24. The Balaban J connectivity index is 2.25. The van der Waals surface area contributed by atoms with Crippen LogP contribution in [0.4, 0.5) is 11.4 Å². The molecule has 1 unspecified atom stereocenters. The highest BCUT2D eigenvalue weighted by Crippen LogP contribution is 2.33. The summed E-state index contributed by atoms with van der Waals surface area (Å²) >= 11 is 5.82. The summed E-state index contributed by atoms with van der Waals surface area (Å²) in [5.74, 6) is 1.08. The fourth-order valence-corrected chi connectivity index (χ4v) is 2.48. The molecule has 2 rings (SSSR count). The van der Waals surface area contributed by atoms with E-state index in [0.29, 0.717) is 30.3 Å². The van der Waals surface area contributed by atoms with Gasteiger partial charge < -0.3 is 15.0 Å². The van der Waals surface area contributed by atoms with Crippen molar-refractivity contribution in [1.82, 2.24) is 0 Å². The summed E-state index contributed by atoms with van der Waals surface area (Å²) in [6, 6.07) is 5.28. The Morgan fingerprint density at radius 3 is 2.85 bits per heavy atom. The molecule has 0 bridgehead atoms. The highest BCUT2D eigenvalue weighted by Gasteiger charge is 2.30. The molecule has 1 fully saturated rings. The number of carbonyl (C=O) groups excluding carboxylic acids is 2. The van der Waals surface area contributed by atoms with E-state index in [0.717, 1.165) is 5.69 Å². The maximum absolute atomic E-state index is 12.0. The van der Waals surface area contributed by atoms with Gasteiger partial charge in [0.25, 0.3) is 0 Å². The normalized spacial score (nSPS) is 18.2. The van der Waals surface area contributed by atoms with Gasteiger partial charge in [0.15, 0.2) is 0 Å². The second-order valence-corrected chi connectivity index (χ2v) is 5.10. The molecule has 6 heteroatoms. The first kappa shape index (κ1) is 14.7. The second-order valence-electron chi connectivity index (χ2n) is 4.79. The van der Waals surface area contributed by atoms with E-state index < -0.39 is 0 Å². The summed E-state index contributed by atoms with van der Waals surface area (Å²) in [6.45, 7) is 2.05. The van der Waals surface area contributed by atoms with Gasteiger partial charge in [-0.1, -0.05) is 0 Å². The minimum Gasteiger partial charge on any atom is -0.494 e. The maximum atomic E-state index is 12.0. The number of methoxy groups -OCH3 is 1. The van der Waals surface area contributed by atoms with Crippen molar-refractivity contribution in [3.05, 3.63) is 18.2 Å². The van der Waals surface area contributed by atoms with Crippen molar-refractivity contribution in [3.63, 3.8) is 0 Å². The van der Waals surface area contributed by atoms with E-state index in [-0.39, 0.29) is 17.7 Å². The van der Waals surface area contributed by atoms with E-state index in [4.69, 9.17) is 16.3 Å². The zero-order chi connectivity index (χ0) is 14.7. The Morgan fingerprint density at radius 2 is 2.30 bits per heavy atom. The molecule has 108 valence electrons. The Morgan fingerprint density at radius 1 is 1.55 bits per heavy atom. The maximum Gasteiger partial charge on any atom is 0.227 e. The monoisotopic (exact) mass is 296 g/mol. The van der Waals surface area contributed by atoms with Gasteiger partial charge in [0.1, 0.15) is 5.75 Å². The third-order valence-corrected chi connectivity index (χ3v) is 3.67. The largest absolute Gasteiger partial charge is 0.494 e. The van der Waals surface area contributed by atoms with Crippen LogP contribution in [0.15, 0.2) is 18.2 Å². The number of hydrogen-bond donors (Lipinski definition) is 1. The molecule has 1 aliphatic rings. The third-order valence-electron chi connectivity index (χ3n) is 3.23. The van der Waals surface area contributed by atoms with E-state index in [1.54, 1.807) is 23.1 Å². The van der Waals surface area contributed by atoms with Crippen molar-refractivity contribution >= 4 is 34.8 Å². The Bertz CT molecular complexity index is 533. The minimum atomic E-state index is -0.171. The number of hydrogen-bond acceptors (Lipinski definition) is 3. The predicted molar refractivity (Wildman–Crippen MR) is 78.5 cm³/mol. The van der Waals surface area contributed by atoms with E-state index in [9.17, 15) is 9.59 Å². The van der Waals surface area contributed by atoms with Gasteiger partial charge >= 0.3 is 0 Å². The van der Waals surface area contributed by atoms with Crippen molar-refractivity contribution in [2.45, 2.75) is 13.3 Å². The van der Waals surface area contributed by atoms with Gasteiger partial charge in [-0.3, -0.25) is 9.59 Å². The molecule has 1 aliphatic heterocycles. The molecule has 0 spiro atoms. The number of ether oxygens (including phenoxy) is 1. The molecule has 1 atom stereocenters. The van der Waals surface area contributed by atoms with Crippen LogP contribution in [0.5, 0.6) is 5.75 Å². The summed E-state index contributed by atoms with van der Waals surface area (Å²) in [5.41, 5.74) is 1.35. The third kappa shape index (κ3) is 3.04. The van der Waals surface area contributed by atoms with Crippen LogP contribution in [-0.2, 0) is 9.59 Å². The number of carbonyl (C=O) groups is 2. The molecule has 0 saturated carbocycles. The number of nitrogens with one attached hydrogen (secondary N) is 1. The smallest absolute Gasteiger partial charge is 0.227 e. The minimum absolute atomic E-state index is 0.0602. The lowest BCUT2D eigenvalue weighted by Gasteiger charge is -2.18. The lowest BCUT2D eigenvalue weighted by atomic mass is 10.1. The average Bonchev–Trinajstić information content (AvgIpc) is 2.80. The highest BCUT2D eigenvalue weighted by molar-refractivity contribution is 6.18. The number of amides is 2. The van der Waals surface area contributed by atoms with Gasteiger partial charge in [0.2, 0.25) is 11.8 Å². The first-order chi connectivity index (χ1) is 9.55. The van der Waals surface area contributed by atoms with Crippen LogP contribution in [0.25, 0.3) is 0 Å². The molecule has 1 aromatic carbocycles.